The maximum atomic E-state index is 4.86. The van der Waals surface area contributed by atoms with Crippen molar-refractivity contribution in [2.45, 2.75) is 64.8 Å². The van der Waals surface area contributed by atoms with Crippen molar-refractivity contribution in [1.82, 2.24) is 5.32 Å². The molecule has 2 nitrogen and oxygen atoms in total. The lowest BCUT2D eigenvalue weighted by atomic mass is 9.67. The SMILES string of the molecule is CCC1(CN=C2NC(C)(CC)CCS2)CCC1. The quantitative estimate of drug-likeness (QED) is 0.825. The minimum atomic E-state index is 0.281. The number of hydrogen-bond acceptors (Lipinski definition) is 2. The molecule has 1 atom stereocenters. The summed E-state index contributed by atoms with van der Waals surface area (Å²) in [5, 5.41) is 4.83. The van der Waals surface area contributed by atoms with E-state index in [1.807, 2.05) is 11.8 Å². The lowest BCUT2D eigenvalue weighted by molar-refractivity contribution is 0.139. The summed E-state index contributed by atoms with van der Waals surface area (Å²) >= 11 is 1.91. The molecule has 2 fully saturated rings. The van der Waals surface area contributed by atoms with Gasteiger partial charge in [0.15, 0.2) is 5.17 Å². The van der Waals surface area contributed by atoms with E-state index in [4.69, 9.17) is 4.99 Å². The molecule has 3 heteroatoms. The van der Waals surface area contributed by atoms with Gasteiger partial charge in [-0.05, 0) is 44.4 Å². The third kappa shape index (κ3) is 2.98. The summed E-state index contributed by atoms with van der Waals surface area (Å²) in [7, 11) is 0. The first-order valence-corrected chi connectivity index (χ1v) is 8.05. The van der Waals surface area contributed by atoms with Crippen molar-refractivity contribution in [2.24, 2.45) is 10.4 Å². The Morgan fingerprint density at radius 2 is 2.00 bits per heavy atom. The van der Waals surface area contributed by atoms with Crippen LogP contribution in [0.4, 0.5) is 0 Å². The highest BCUT2D eigenvalue weighted by Crippen LogP contribution is 2.44. The number of hydrogen-bond donors (Lipinski definition) is 1. The van der Waals surface area contributed by atoms with Crippen LogP contribution in [0.2, 0.25) is 0 Å². The molecule has 1 saturated heterocycles. The minimum Gasteiger partial charge on any atom is -0.360 e. The fourth-order valence-electron chi connectivity index (χ4n) is 2.62. The van der Waals surface area contributed by atoms with Gasteiger partial charge < -0.3 is 5.32 Å². The van der Waals surface area contributed by atoms with Gasteiger partial charge in [-0.15, -0.1) is 0 Å². The average molecular weight is 254 g/mol. The van der Waals surface area contributed by atoms with E-state index in [9.17, 15) is 0 Å². The van der Waals surface area contributed by atoms with Crippen molar-refractivity contribution in [1.29, 1.82) is 0 Å². The van der Waals surface area contributed by atoms with Crippen molar-refractivity contribution in [3.05, 3.63) is 0 Å². The molecule has 1 N–H and O–H groups in total. The molecule has 2 rings (SSSR count). The van der Waals surface area contributed by atoms with Gasteiger partial charge in [-0.1, -0.05) is 32.0 Å². The zero-order valence-corrected chi connectivity index (χ0v) is 12.3. The zero-order chi connectivity index (χ0) is 12.4. The Kier molecular flexibility index (Phi) is 4.06. The van der Waals surface area contributed by atoms with E-state index in [0.717, 1.165) is 6.54 Å². The summed E-state index contributed by atoms with van der Waals surface area (Å²) in [6.07, 6.45) is 7.91. The van der Waals surface area contributed by atoms with Crippen molar-refractivity contribution < 1.29 is 0 Å². The average Bonchev–Trinajstić information content (AvgIpc) is 2.29. The van der Waals surface area contributed by atoms with Gasteiger partial charge in [-0.25, -0.2) is 0 Å². The van der Waals surface area contributed by atoms with Gasteiger partial charge in [0.05, 0.1) is 0 Å². The molecular formula is C14H26N2S. The summed E-state index contributed by atoms with van der Waals surface area (Å²) in [6, 6.07) is 0. The highest BCUT2D eigenvalue weighted by atomic mass is 32.2. The third-order valence-corrected chi connectivity index (χ3v) is 5.72. The summed E-state index contributed by atoms with van der Waals surface area (Å²) in [4.78, 5) is 4.86. The molecule has 98 valence electrons. The van der Waals surface area contributed by atoms with E-state index in [1.54, 1.807) is 0 Å². The molecule has 0 aromatic carbocycles. The number of nitrogens with one attached hydrogen (secondary N) is 1. The Bertz CT molecular complexity index is 291. The summed E-state index contributed by atoms with van der Waals surface area (Å²) in [6.45, 7) is 7.94. The number of nitrogens with zero attached hydrogens (tertiary/aromatic N) is 1. The molecule has 0 aromatic rings. The fraction of sp³-hybridized carbons (Fsp3) is 0.929. The van der Waals surface area contributed by atoms with E-state index in [0.29, 0.717) is 5.41 Å². The van der Waals surface area contributed by atoms with Crippen molar-refractivity contribution in [3.8, 4) is 0 Å². The molecule has 1 saturated carbocycles. The summed E-state index contributed by atoms with van der Waals surface area (Å²) in [5.41, 5.74) is 0.832. The number of aliphatic imine (C=N–C) groups is 1. The zero-order valence-electron chi connectivity index (χ0n) is 11.5. The number of amidine groups is 1. The fourth-order valence-corrected chi connectivity index (χ4v) is 3.84. The van der Waals surface area contributed by atoms with Crippen LogP contribution in [0, 0.1) is 5.41 Å². The van der Waals surface area contributed by atoms with Crippen LogP contribution in [-0.2, 0) is 0 Å². The van der Waals surface area contributed by atoms with Crippen LogP contribution in [0.25, 0.3) is 0 Å². The Balaban J connectivity index is 1.93. The number of thioether (sulfide) groups is 1. The Hall–Kier alpha value is -0.180. The highest BCUT2D eigenvalue weighted by molar-refractivity contribution is 8.13. The molecule has 0 amide bonds. The second-order valence-corrected chi connectivity index (χ2v) is 7.05. The van der Waals surface area contributed by atoms with E-state index in [1.165, 1.54) is 49.4 Å². The number of rotatable bonds is 4. The van der Waals surface area contributed by atoms with E-state index in [2.05, 4.69) is 26.1 Å². The van der Waals surface area contributed by atoms with Crippen LogP contribution in [0.3, 0.4) is 0 Å². The first kappa shape index (κ1) is 13.3. The Labute approximate surface area is 110 Å². The molecule has 1 aliphatic heterocycles. The minimum absolute atomic E-state index is 0.281. The molecule has 0 spiro atoms. The molecule has 17 heavy (non-hydrogen) atoms. The topological polar surface area (TPSA) is 24.4 Å². The first-order chi connectivity index (χ1) is 8.11. The van der Waals surface area contributed by atoms with Crippen molar-refractivity contribution in [3.63, 3.8) is 0 Å². The Morgan fingerprint density at radius 3 is 2.53 bits per heavy atom. The molecule has 1 unspecified atom stereocenters. The van der Waals surface area contributed by atoms with Crippen molar-refractivity contribution in [2.75, 3.05) is 12.3 Å². The second-order valence-electron chi connectivity index (χ2n) is 5.97. The third-order valence-electron chi connectivity index (χ3n) is 4.80. The smallest absolute Gasteiger partial charge is 0.156 e. The normalized spacial score (nSPS) is 34.2. The van der Waals surface area contributed by atoms with Gasteiger partial charge in [0.1, 0.15) is 0 Å². The first-order valence-electron chi connectivity index (χ1n) is 7.07. The van der Waals surface area contributed by atoms with Gasteiger partial charge in [0, 0.05) is 17.8 Å². The lowest BCUT2D eigenvalue weighted by Crippen LogP contribution is -2.48. The van der Waals surface area contributed by atoms with Crippen LogP contribution in [-0.4, -0.2) is 23.0 Å². The lowest BCUT2D eigenvalue weighted by Gasteiger charge is -2.41. The predicted octanol–water partition coefficient (Wildman–Crippen LogP) is 3.82. The van der Waals surface area contributed by atoms with Crippen LogP contribution in [0.5, 0.6) is 0 Å². The highest BCUT2D eigenvalue weighted by Gasteiger charge is 2.35. The molecule has 0 aromatic heterocycles. The van der Waals surface area contributed by atoms with E-state index >= 15 is 0 Å². The molecule has 1 aliphatic carbocycles. The van der Waals surface area contributed by atoms with E-state index < -0.39 is 0 Å². The molecule has 0 bridgehead atoms. The van der Waals surface area contributed by atoms with Gasteiger partial charge in [-0.3, -0.25) is 4.99 Å². The Morgan fingerprint density at radius 1 is 1.24 bits per heavy atom. The van der Waals surface area contributed by atoms with Gasteiger partial charge in [-0.2, -0.15) is 0 Å². The van der Waals surface area contributed by atoms with Crippen LogP contribution < -0.4 is 5.32 Å². The molecular weight excluding hydrogens is 228 g/mol. The van der Waals surface area contributed by atoms with Crippen LogP contribution >= 0.6 is 11.8 Å². The predicted molar refractivity (Wildman–Crippen MR) is 77.8 cm³/mol. The summed E-state index contributed by atoms with van der Waals surface area (Å²) < 4.78 is 0. The van der Waals surface area contributed by atoms with Gasteiger partial charge >= 0.3 is 0 Å². The maximum Gasteiger partial charge on any atom is 0.156 e. The largest absolute Gasteiger partial charge is 0.360 e. The van der Waals surface area contributed by atoms with Gasteiger partial charge in [0.2, 0.25) is 0 Å². The van der Waals surface area contributed by atoms with Crippen LogP contribution in [0.1, 0.15) is 59.3 Å². The maximum absolute atomic E-state index is 4.86. The molecule has 0 radical (unpaired) electrons. The van der Waals surface area contributed by atoms with E-state index in [-0.39, 0.29) is 5.54 Å². The van der Waals surface area contributed by atoms with Crippen LogP contribution in [0.15, 0.2) is 4.99 Å². The summed E-state index contributed by atoms with van der Waals surface area (Å²) in [5.74, 6) is 1.22. The molecule has 2 aliphatic rings. The van der Waals surface area contributed by atoms with Crippen molar-refractivity contribution >= 4 is 16.9 Å². The molecule has 1 heterocycles. The second kappa shape index (κ2) is 5.21. The van der Waals surface area contributed by atoms with Gasteiger partial charge in [0.25, 0.3) is 0 Å². The monoisotopic (exact) mass is 254 g/mol. The standard InChI is InChI=1S/C14H26N2S/c1-4-13(3)9-10-17-12(16-13)15-11-14(5-2)7-6-8-14/h4-11H2,1-3H3,(H,15,16).